The Morgan fingerprint density at radius 1 is 1.56 bits per heavy atom. The zero-order valence-corrected chi connectivity index (χ0v) is 9.64. The molecular formula is C11H12ClN3O. The second kappa shape index (κ2) is 5.99. The minimum Gasteiger partial charge on any atom is -0.376 e. The van der Waals surface area contributed by atoms with Crippen LogP contribution in [0.2, 0.25) is 5.02 Å². The van der Waals surface area contributed by atoms with Gasteiger partial charge >= 0.3 is 0 Å². The summed E-state index contributed by atoms with van der Waals surface area (Å²) < 4.78 is 0. The molecule has 0 aliphatic heterocycles. The summed E-state index contributed by atoms with van der Waals surface area (Å²) in [4.78, 5) is 11.2. The molecule has 0 unspecified atom stereocenters. The lowest BCUT2D eigenvalue weighted by Gasteiger charge is -2.07. The Hall–Kier alpha value is -1.73. The van der Waals surface area contributed by atoms with Crippen LogP contribution in [0.4, 0.5) is 5.69 Å². The SMILES string of the molecule is Cc1ccc(NCC(=O)NCC#N)cc1Cl. The third kappa shape index (κ3) is 3.79. The number of benzene rings is 1. The Balaban J connectivity index is 2.46. The summed E-state index contributed by atoms with van der Waals surface area (Å²) in [6.07, 6.45) is 0. The molecule has 0 radical (unpaired) electrons. The van der Waals surface area contributed by atoms with Gasteiger partial charge in [0, 0.05) is 10.7 Å². The number of aryl methyl sites for hydroxylation is 1. The quantitative estimate of drug-likeness (QED) is 0.784. The Labute approximate surface area is 99.2 Å². The first-order valence-corrected chi connectivity index (χ1v) is 5.15. The number of nitriles is 1. The average molecular weight is 238 g/mol. The van der Waals surface area contributed by atoms with Crippen LogP contribution in [0.15, 0.2) is 18.2 Å². The molecule has 0 aliphatic carbocycles. The maximum Gasteiger partial charge on any atom is 0.240 e. The van der Waals surface area contributed by atoms with E-state index in [9.17, 15) is 4.79 Å². The van der Waals surface area contributed by atoms with Crippen LogP contribution in [0.25, 0.3) is 0 Å². The molecule has 0 heterocycles. The predicted octanol–water partition coefficient (Wildman–Crippen LogP) is 1.70. The van der Waals surface area contributed by atoms with E-state index < -0.39 is 0 Å². The predicted molar refractivity (Wildman–Crippen MR) is 63.3 cm³/mol. The number of carbonyl (C=O) groups is 1. The molecule has 0 aromatic heterocycles. The van der Waals surface area contributed by atoms with Gasteiger partial charge in [0.2, 0.25) is 5.91 Å². The fraction of sp³-hybridized carbons (Fsp3) is 0.273. The van der Waals surface area contributed by atoms with Gasteiger partial charge in [-0.15, -0.1) is 0 Å². The van der Waals surface area contributed by atoms with Crippen LogP contribution in [-0.2, 0) is 4.79 Å². The molecule has 0 saturated carbocycles. The lowest BCUT2D eigenvalue weighted by molar-refractivity contribution is -0.119. The van der Waals surface area contributed by atoms with Gasteiger partial charge in [0.25, 0.3) is 0 Å². The smallest absolute Gasteiger partial charge is 0.240 e. The first kappa shape index (κ1) is 12.3. The average Bonchev–Trinajstić information content (AvgIpc) is 2.28. The molecule has 2 N–H and O–H groups in total. The third-order valence-corrected chi connectivity index (χ3v) is 2.40. The molecule has 5 heteroatoms. The van der Waals surface area contributed by atoms with Gasteiger partial charge in [0.1, 0.15) is 6.54 Å². The first-order chi connectivity index (χ1) is 7.63. The van der Waals surface area contributed by atoms with Crippen LogP contribution in [0.3, 0.4) is 0 Å². The highest BCUT2D eigenvalue weighted by Gasteiger charge is 2.01. The molecule has 0 saturated heterocycles. The molecule has 1 aromatic rings. The van der Waals surface area contributed by atoms with E-state index in [-0.39, 0.29) is 19.0 Å². The van der Waals surface area contributed by atoms with Gasteiger partial charge in [0.05, 0.1) is 12.6 Å². The van der Waals surface area contributed by atoms with E-state index >= 15 is 0 Å². The molecule has 4 nitrogen and oxygen atoms in total. The highest BCUT2D eigenvalue weighted by atomic mass is 35.5. The normalized spacial score (nSPS) is 9.31. The number of nitrogens with zero attached hydrogens (tertiary/aromatic N) is 1. The van der Waals surface area contributed by atoms with Crippen molar-refractivity contribution in [1.82, 2.24) is 5.32 Å². The second-order valence-electron chi connectivity index (χ2n) is 3.25. The van der Waals surface area contributed by atoms with Crippen molar-refractivity contribution in [3.8, 4) is 6.07 Å². The van der Waals surface area contributed by atoms with Gasteiger partial charge in [0.15, 0.2) is 0 Å². The van der Waals surface area contributed by atoms with E-state index in [1.54, 1.807) is 6.07 Å². The van der Waals surface area contributed by atoms with Gasteiger partial charge in [-0.2, -0.15) is 5.26 Å². The summed E-state index contributed by atoms with van der Waals surface area (Å²) in [6.45, 7) is 2.06. The molecule has 0 fully saturated rings. The van der Waals surface area contributed by atoms with E-state index in [4.69, 9.17) is 16.9 Å². The van der Waals surface area contributed by atoms with Crippen molar-refractivity contribution in [2.75, 3.05) is 18.4 Å². The van der Waals surface area contributed by atoms with Crippen LogP contribution in [0.1, 0.15) is 5.56 Å². The van der Waals surface area contributed by atoms with Crippen molar-refractivity contribution in [3.63, 3.8) is 0 Å². The maximum atomic E-state index is 11.2. The Kier molecular flexibility index (Phi) is 4.62. The van der Waals surface area contributed by atoms with E-state index in [0.29, 0.717) is 5.02 Å². The highest BCUT2D eigenvalue weighted by Crippen LogP contribution is 2.19. The highest BCUT2D eigenvalue weighted by molar-refractivity contribution is 6.31. The molecule has 0 spiro atoms. The molecule has 1 amide bonds. The zero-order valence-electron chi connectivity index (χ0n) is 8.88. The van der Waals surface area contributed by atoms with E-state index in [2.05, 4.69) is 10.6 Å². The van der Waals surface area contributed by atoms with Gasteiger partial charge < -0.3 is 10.6 Å². The molecule has 0 bridgehead atoms. The van der Waals surface area contributed by atoms with Crippen molar-refractivity contribution in [2.24, 2.45) is 0 Å². The summed E-state index contributed by atoms with van der Waals surface area (Å²) >= 11 is 5.93. The van der Waals surface area contributed by atoms with Gasteiger partial charge in [-0.25, -0.2) is 0 Å². The Bertz CT molecular complexity index is 426. The van der Waals surface area contributed by atoms with E-state index in [0.717, 1.165) is 11.3 Å². The number of nitrogens with one attached hydrogen (secondary N) is 2. The maximum absolute atomic E-state index is 11.2. The lowest BCUT2D eigenvalue weighted by atomic mass is 10.2. The fourth-order valence-electron chi connectivity index (χ4n) is 1.09. The Morgan fingerprint density at radius 2 is 2.31 bits per heavy atom. The number of rotatable bonds is 4. The largest absolute Gasteiger partial charge is 0.376 e. The summed E-state index contributed by atoms with van der Waals surface area (Å²) in [5.41, 5.74) is 1.77. The number of anilines is 1. The van der Waals surface area contributed by atoms with Crippen LogP contribution >= 0.6 is 11.6 Å². The zero-order chi connectivity index (χ0) is 12.0. The molecule has 84 valence electrons. The molecule has 0 aliphatic rings. The minimum absolute atomic E-state index is 0.0230. The summed E-state index contributed by atoms with van der Waals surface area (Å²) in [5, 5.41) is 14.3. The number of halogens is 1. The summed E-state index contributed by atoms with van der Waals surface area (Å²) in [7, 11) is 0. The minimum atomic E-state index is -0.224. The van der Waals surface area contributed by atoms with Crippen LogP contribution < -0.4 is 10.6 Å². The van der Waals surface area contributed by atoms with Crippen LogP contribution in [0, 0.1) is 18.3 Å². The molecule has 1 rings (SSSR count). The van der Waals surface area contributed by atoms with Crippen molar-refractivity contribution in [1.29, 1.82) is 5.26 Å². The van der Waals surface area contributed by atoms with Crippen LogP contribution in [0.5, 0.6) is 0 Å². The Morgan fingerprint density at radius 3 is 2.94 bits per heavy atom. The van der Waals surface area contributed by atoms with Crippen molar-refractivity contribution in [2.45, 2.75) is 6.92 Å². The van der Waals surface area contributed by atoms with Crippen molar-refractivity contribution in [3.05, 3.63) is 28.8 Å². The van der Waals surface area contributed by atoms with Gasteiger partial charge in [-0.3, -0.25) is 4.79 Å². The van der Waals surface area contributed by atoms with Gasteiger partial charge in [-0.1, -0.05) is 17.7 Å². The number of amides is 1. The number of hydrogen-bond acceptors (Lipinski definition) is 3. The van der Waals surface area contributed by atoms with Gasteiger partial charge in [-0.05, 0) is 24.6 Å². The number of hydrogen-bond donors (Lipinski definition) is 2. The topological polar surface area (TPSA) is 64.9 Å². The third-order valence-electron chi connectivity index (χ3n) is 1.99. The monoisotopic (exact) mass is 237 g/mol. The number of carbonyl (C=O) groups excluding carboxylic acids is 1. The first-order valence-electron chi connectivity index (χ1n) is 4.77. The van der Waals surface area contributed by atoms with Crippen molar-refractivity contribution >= 4 is 23.2 Å². The van der Waals surface area contributed by atoms with Crippen LogP contribution in [-0.4, -0.2) is 19.0 Å². The van der Waals surface area contributed by atoms with E-state index in [1.165, 1.54) is 0 Å². The molecular weight excluding hydrogens is 226 g/mol. The standard InChI is InChI=1S/C11H12ClN3O/c1-8-2-3-9(6-10(8)12)15-7-11(16)14-5-4-13/h2-3,6,15H,5,7H2,1H3,(H,14,16). The second-order valence-corrected chi connectivity index (χ2v) is 3.66. The summed E-state index contributed by atoms with van der Waals surface area (Å²) in [6, 6.07) is 7.31. The molecule has 1 aromatic carbocycles. The molecule has 16 heavy (non-hydrogen) atoms. The van der Waals surface area contributed by atoms with E-state index in [1.807, 2.05) is 25.1 Å². The van der Waals surface area contributed by atoms with Crippen molar-refractivity contribution < 1.29 is 4.79 Å². The molecule has 0 atom stereocenters. The fourth-order valence-corrected chi connectivity index (χ4v) is 1.27. The lowest BCUT2D eigenvalue weighted by Crippen LogP contribution is -2.29. The summed E-state index contributed by atoms with van der Waals surface area (Å²) in [5.74, 6) is -0.224.